The maximum atomic E-state index is 13.3. The van der Waals surface area contributed by atoms with Gasteiger partial charge in [0, 0.05) is 18.5 Å². The molecule has 2 aromatic rings. The van der Waals surface area contributed by atoms with Gasteiger partial charge in [0.2, 0.25) is 0 Å². The lowest BCUT2D eigenvalue weighted by Crippen LogP contribution is -2.37. The van der Waals surface area contributed by atoms with Crippen LogP contribution in [0.25, 0.3) is 0 Å². The number of halogens is 1. The largest absolute Gasteiger partial charge is 0.459 e. The van der Waals surface area contributed by atoms with Crippen LogP contribution in [0.2, 0.25) is 0 Å². The minimum Gasteiger partial charge on any atom is -0.459 e. The average Bonchev–Trinajstić information content (AvgIpc) is 3.23. The SMILES string of the molecule is CCN(C[C@H]1CC(c2cccc(F)c2)=NO1)C(=O)c1ccco1. The van der Waals surface area contributed by atoms with E-state index in [2.05, 4.69) is 5.16 Å². The maximum absolute atomic E-state index is 13.3. The highest BCUT2D eigenvalue weighted by molar-refractivity contribution is 6.01. The van der Waals surface area contributed by atoms with Crippen molar-refractivity contribution in [3.8, 4) is 0 Å². The van der Waals surface area contributed by atoms with Crippen LogP contribution in [0.1, 0.15) is 29.5 Å². The number of hydrogen-bond acceptors (Lipinski definition) is 4. The molecule has 1 aromatic heterocycles. The number of benzene rings is 1. The van der Waals surface area contributed by atoms with E-state index in [1.165, 1.54) is 18.4 Å². The summed E-state index contributed by atoms with van der Waals surface area (Å²) < 4.78 is 18.4. The fourth-order valence-electron chi connectivity index (χ4n) is 2.52. The fraction of sp³-hybridized carbons (Fsp3) is 0.294. The lowest BCUT2D eigenvalue weighted by molar-refractivity contribution is 0.0418. The first-order valence-electron chi connectivity index (χ1n) is 7.48. The molecule has 0 saturated carbocycles. The average molecular weight is 316 g/mol. The Morgan fingerprint density at radius 2 is 2.26 bits per heavy atom. The first-order valence-corrected chi connectivity index (χ1v) is 7.48. The second-order valence-corrected chi connectivity index (χ2v) is 5.30. The lowest BCUT2D eigenvalue weighted by Gasteiger charge is -2.22. The predicted octanol–water partition coefficient (Wildman–Crippen LogP) is 3.07. The standard InChI is InChI=1S/C17H17FN2O3/c1-2-20(17(21)16-7-4-8-22-16)11-14-10-15(19-23-14)12-5-3-6-13(18)9-12/h3-9,14H,2,10-11H2,1H3/t14-/m1/s1. The van der Waals surface area contributed by atoms with Gasteiger partial charge in [-0.05, 0) is 31.2 Å². The van der Waals surface area contributed by atoms with Gasteiger partial charge in [-0.3, -0.25) is 4.79 Å². The Morgan fingerprint density at radius 3 is 2.96 bits per heavy atom. The number of carbonyl (C=O) groups is 1. The number of oxime groups is 1. The fourth-order valence-corrected chi connectivity index (χ4v) is 2.52. The molecule has 0 spiro atoms. The molecule has 1 amide bonds. The first kappa shape index (κ1) is 15.3. The summed E-state index contributed by atoms with van der Waals surface area (Å²) in [7, 11) is 0. The Labute approximate surface area is 133 Å². The molecule has 1 aliphatic rings. The maximum Gasteiger partial charge on any atom is 0.289 e. The highest BCUT2D eigenvalue weighted by Gasteiger charge is 2.27. The third-order valence-electron chi connectivity index (χ3n) is 3.72. The van der Waals surface area contributed by atoms with Crippen molar-refractivity contribution in [3.63, 3.8) is 0 Å². The molecule has 120 valence electrons. The molecule has 3 rings (SSSR count). The van der Waals surface area contributed by atoms with Crippen molar-refractivity contribution in [1.82, 2.24) is 4.90 Å². The molecule has 0 aliphatic carbocycles. The molecule has 23 heavy (non-hydrogen) atoms. The molecular weight excluding hydrogens is 299 g/mol. The van der Waals surface area contributed by atoms with Crippen molar-refractivity contribution >= 4 is 11.6 Å². The number of carbonyl (C=O) groups excluding carboxylic acids is 1. The second kappa shape index (κ2) is 6.64. The molecule has 1 aromatic carbocycles. The zero-order valence-corrected chi connectivity index (χ0v) is 12.7. The van der Waals surface area contributed by atoms with Gasteiger partial charge in [0.05, 0.1) is 18.5 Å². The summed E-state index contributed by atoms with van der Waals surface area (Å²) in [6, 6.07) is 9.56. The van der Waals surface area contributed by atoms with Crippen LogP contribution in [-0.2, 0) is 4.84 Å². The van der Waals surface area contributed by atoms with Crippen LogP contribution in [0.4, 0.5) is 4.39 Å². The van der Waals surface area contributed by atoms with Crippen molar-refractivity contribution in [3.05, 3.63) is 59.8 Å². The molecule has 0 bridgehead atoms. The molecule has 0 fully saturated rings. The molecule has 0 radical (unpaired) electrons. The third-order valence-corrected chi connectivity index (χ3v) is 3.72. The van der Waals surface area contributed by atoms with Crippen molar-refractivity contribution in [2.24, 2.45) is 5.16 Å². The Morgan fingerprint density at radius 1 is 1.39 bits per heavy atom. The van der Waals surface area contributed by atoms with Gasteiger partial charge in [-0.15, -0.1) is 0 Å². The van der Waals surface area contributed by atoms with Crippen molar-refractivity contribution in [2.75, 3.05) is 13.1 Å². The van der Waals surface area contributed by atoms with E-state index in [0.29, 0.717) is 36.5 Å². The first-order chi connectivity index (χ1) is 11.2. The van der Waals surface area contributed by atoms with Gasteiger partial charge in [0.25, 0.3) is 5.91 Å². The van der Waals surface area contributed by atoms with Gasteiger partial charge in [0.15, 0.2) is 11.9 Å². The van der Waals surface area contributed by atoms with Crippen LogP contribution in [0.3, 0.4) is 0 Å². The van der Waals surface area contributed by atoms with E-state index in [4.69, 9.17) is 9.25 Å². The van der Waals surface area contributed by atoms with Gasteiger partial charge >= 0.3 is 0 Å². The summed E-state index contributed by atoms with van der Waals surface area (Å²) in [6.07, 6.45) is 1.76. The van der Waals surface area contributed by atoms with Gasteiger partial charge in [-0.2, -0.15) is 0 Å². The molecular formula is C17H17FN2O3. The zero-order chi connectivity index (χ0) is 16.2. The van der Waals surface area contributed by atoms with E-state index in [9.17, 15) is 9.18 Å². The summed E-state index contributed by atoms with van der Waals surface area (Å²) >= 11 is 0. The van der Waals surface area contributed by atoms with Crippen molar-refractivity contribution in [2.45, 2.75) is 19.4 Å². The summed E-state index contributed by atoms with van der Waals surface area (Å²) in [5, 5.41) is 4.03. The molecule has 0 N–H and O–H groups in total. The Balaban J connectivity index is 1.62. The number of hydrogen-bond donors (Lipinski definition) is 0. The second-order valence-electron chi connectivity index (χ2n) is 5.30. The molecule has 1 atom stereocenters. The smallest absolute Gasteiger partial charge is 0.289 e. The molecule has 0 saturated heterocycles. The van der Waals surface area contributed by atoms with E-state index in [1.54, 1.807) is 29.2 Å². The van der Waals surface area contributed by atoms with E-state index in [-0.39, 0.29) is 17.8 Å². The van der Waals surface area contributed by atoms with E-state index in [1.807, 2.05) is 6.92 Å². The van der Waals surface area contributed by atoms with Crippen LogP contribution in [0.5, 0.6) is 0 Å². The summed E-state index contributed by atoms with van der Waals surface area (Å²) in [5.41, 5.74) is 1.39. The highest BCUT2D eigenvalue weighted by Crippen LogP contribution is 2.19. The number of nitrogens with zero attached hydrogens (tertiary/aromatic N) is 2. The predicted molar refractivity (Wildman–Crippen MR) is 82.7 cm³/mol. The van der Waals surface area contributed by atoms with Crippen LogP contribution in [0.15, 0.2) is 52.2 Å². The summed E-state index contributed by atoms with van der Waals surface area (Å²) in [5.74, 6) is -0.187. The lowest BCUT2D eigenvalue weighted by atomic mass is 10.0. The number of amides is 1. The Hall–Kier alpha value is -2.63. The van der Waals surface area contributed by atoms with E-state index < -0.39 is 0 Å². The topological polar surface area (TPSA) is 55.0 Å². The minimum absolute atomic E-state index is 0.180. The van der Waals surface area contributed by atoms with Crippen LogP contribution in [0, 0.1) is 5.82 Å². The monoisotopic (exact) mass is 316 g/mol. The van der Waals surface area contributed by atoms with Crippen molar-refractivity contribution in [1.29, 1.82) is 0 Å². The van der Waals surface area contributed by atoms with Gasteiger partial charge in [0.1, 0.15) is 5.82 Å². The number of rotatable bonds is 5. The van der Waals surface area contributed by atoms with Crippen LogP contribution < -0.4 is 0 Å². The van der Waals surface area contributed by atoms with Crippen LogP contribution >= 0.6 is 0 Å². The van der Waals surface area contributed by atoms with Gasteiger partial charge < -0.3 is 14.2 Å². The summed E-state index contributed by atoms with van der Waals surface area (Å²) in [4.78, 5) is 19.4. The number of furan rings is 1. The zero-order valence-electron chi connectivity index (χ0n) is 12.7. The quantitative estimate of drug-likeness (QED) is 0.852. The van der Waals surface area contributed by atoms with Crippen LogP contribution in [-0.4, -0.2) is 35.7 Å². The van der Waals surface area contributed by atoms with E-state index in [0.717, 1.165) is 0 Å². The van der Waals surface area contributed by atoms with E-state index >= 15 is 0 Å². The normalized spacial score (nSPS) is 16.8. The molecule has 5 nitrogen and oxygen atoms in total. The third kappa shape index (κ3) is 3.41. The molecule has 0 unspecified atom stereocenters. The molecule has 6 heteroatoms. The Kier molecular flexibility index (Phi) is 4.41. The molecule has 2 heterocycles. The number of likely N-dealkylation sites (N-methyl/N-ethyl adjacent to an activating group) is 1. The van der Waals surface area contributed by atoms with Crippen molar-refractivity contribution < 1.29 is 18.4 Å². The Bertz CT molecular complexity index is 712. The highest BCUT2D eigenvalue weighted by atomic mass is 19.1. The van der Waals surface area contributed by atoms with Gasteiger partial charge in [-0.1, -0.05) is 17.3 Å². The minimum atomic E-state index is -0.308. The van der Waals surface area contributed by atoms with Gasteiger partial charge in [-0.25, -0.2) is 4.39 Å². The molecule has 1 aliphatic heterocycles. The summed E-state index contributed by atoms with van der Waals surface area (Å²) in [6.45, 7) is 2.83.